The molecule has 3 rings (SSSR count). The monoisotopic (exact) mass is 352 g/mol. The summed E-state index contributed by atoms with van der Waals surface area (Å²) in [6.07, 6.45) is 0.714. The van der Waals surface area contributed by atoms with Crippen molar-refractivity contribution in [1.29, 1.82) is 0 Å². The zero-order chi connectivity index (χ0) is 18.7. The second-order valence-electron chi connectivity index (χ2n) is 6.16. The van der Waals surface area contributed by atoms with Crippen molar-refractivity contribution in [3.05, 3.63) is 65.4 Å². The van der Waals surface area contributed by atoms with Gasteiger partial charge in [-0.1, -0.05) is 29.8 Å². The van der Waals surface area contributed by atoms with E-state index in [-0.39, 0.29) is 12.2 Å². The highest BCUT2D eigenvalue weighted by molar-refractivity contribution is 6.00. The third kappa shape index (κ3) is 3.77. The number of furan rings is 1. The maximum Gasteiger partial charge on any atom is 0.311 e. The van der Waals surface area contributed by atoms with Gasteiger partial charge in [0.2, 0.25) is 5.78 Å². The highest BCUT2D eigenvalue weighted by atomic mass is 16.5. The molecule has 0 saturated carbocycles. The molecule has 0 aliphatic rings. The molecule has 0 aliphatic heterocycles. The first-order chi connectivity index (χ1) is 12.5. The second kappa shape index (κ2) is 7.44. The summed E-state index contributed by atoms with van der Waals surface area (Å²) in [5.41, 5.74) is 2.94. The Balaban J connectivity index is 1.66. The molecule has 0 radical (unpaired) electrons. The molecule has 2 aromatic carbocycles. The molecule has 0 fully saturated rings. The zero-order valence-electron chi connectivity index (χ0n) is 14.9. The Hall–Kier alpha value is -3.08. The Labute approximate surface area is 151 Å². The quantitative estimate of drug-likeness (QED) is 0.493. The van der Waals surface area contributed by atoms with E-state index >= 15 is 0 Å². The number of Topliss-reactive ketones (excluding diaryl/α,β-unsaturated/α-hetero) is 1. The number of ether oxygens (including phenoxy) is 2. The van der Waals surface area contributed by atoms with Crippen molar-refractivity contribution in [3.63, 3.8) is 0 Å². The average Bonchev–Trinajstić information content (AvgIpc) is 3.03. The predicted octanol–water partition coefficient (Wildman–Crippen LogP) is 4.11. The third-order valence-corrected chi connectivity index (χ3v) is 4.21. The Morgan fingerprint density at radius 2 is 1.85 bits per heavy atom. The van der Waals surface area contributed by atoms with Gasteiger partial charge in [0.15, 0.2) is 6.10 Å². The van der Waals surface area contributed by atoms with Crippen LogP contribution in [0.4, 0.5) is 0 Å². The number of methoxy groups -OCH3 is 1. The van der Waals surface area contributed by atoms with Gasteiger partial charge >= 0.3 is 5.97 Å². The number of aryl methyl sites for hydroxylation is 1. The summed E-state index contributed by atoms with van der Waals surface area (Å²) < 4.78 is 15.9. The lowest BCUT2D eigenvalue weighted by molar-refractivity contribution is -0.145. The third-order valence-electron chi connectivity index (χ3n) is 4.21. The van der Waals surface area contributed by atoms with E-state index in [0.29, 0.717) is 22.5 Å². The highest BCUT2D eigenvalue weighted by Crippen LogP contribution is 2.26. The molecule has 5 heteroatoms. The van der Waals surface area contributed by atoms with Crippen LogP contribution in [0.1, 0.15) is 28.4 Å². The van der Waals surface area contributed by atoms with Crippen molar-refractivity contribution in [2.75, 3.05) is 7.11 Å². The van der Waals surface area contributed by atoms with E-state index in [0.717, 1.165) is 10.9 Å². The molecule has 3 aromatic rings. The first-order valence-electron chi connectivity index (χ1n) is 8.32. The van der Waals surface area contributed by atoms with Crippen molar-refractivity contribution in [1.82, 2.24) is 0 Å². The Morgan fingerprint density at radius 3 is 2.54 bits per heavy atom. The molecule has 0 aliphatic carbocycles. The molecule has 5 nitrogen and oxygen atoms in total. The van der Waals surface area contributed by atoms with Crippen molar-refractivity contribution in [2.45, 2.75) is 26.4 Å². The normalized spacial score (nSPS) is 12.0. The van der Waals surface area contributed by atoms with E-state index in [1.807, 2.05) is 25.1 Å². The van der Waals surface area contributed by atoms with Crippen LogP contribution in [-0.4, -0.2) is 25.0 Å². The van der Waals surface area contributed by atoms with E-state index in [9.17, 15) is 9.59 Å². The molecule has 0 bridgehead atoms. The number of hydrogen-bond donors (Lipinski definition) is 0. The highest BCUT2D eigenvalue weighted by Gasteiger charge is 2.20. The summed E-state index contributed by atoms with van der Waals surface area (Å²) in [5, 5.41) is 0.820. The summed E-state index contributed by atoms with van der Waals surface area (Å²) in [6.45, 7) is 3.53. The van der Waals surface area contributed by atoms with E-state index in [2.05, 4.69) is 0 Å². The number of fused-ring (bicyclic) bond motifs is 1. The standard InChI is InChI=1S/C21H20O5/c1-13-4-6-15(7-5-13)21(23)14(2)26-20(22)10-16-12-25-19-11-17(24-3)8-9-18(16)19/h4-9,11-12,14H,10H2,1-3H3/t14-/m1/s1. The van der Waals surface area contributed by atoms with Crippen LogP contribution in [0.5, 0.6) is 5.75 Å². The fraction of sp³-hybridized carbons (Fsp3) is 0.238. The zero-order valence-corrected chi connectivity index (χ0v) is 14.9. The largest absolute Gasteiger partial charge is 0.497 e. The number of rotatable bonds is 6. The molecule has 0 saturated heterocycles. The molecule has 26 heavy (non-hydrogen) atoms. The topological polar surface area (TPSA) is 65.7 Å². The molecular formula is C21H20O5. The maximum atomic E-state index is 12.4. The molecule has 0 spiro atoms. The van der Waals surface area contributed by atoms with Crippen LogP contribution in [0.2, 0.25) is 0 Å². The van der Waals surface area contributed by atoms with Gasteiger partial charge in [-0.05, 0) is 26.0 Å². The van der Waals surface area contributed by atoms with Crippen LogP contribution in [0.15, 0.2) is 53.1 Å². The van der Waals surface area contributed by atoms with Gasteiger partial charge in [0.1, 0.15) is 11.3 Å². The van der Waals surface area contributed by atoms with Gasteiger partial charge in [0.25, 0.3) is 0 Å². The maximum absolute atomic E-state index is 12.4. The molecule has 0 amide bonds. The van der Waals surface area contributed by atoms with Crippen LogP contribution < -0.4 is 4.74 Å². The smallest absolute Gasteiger partial charge is 0.311 e. The lowest BCUT2D eigenvalue weighted by atomic mass is 10.1. The number of benzene rings is 2. The minimum atomic E-state index is -0.844. The van der Waals surface area contributed by atoms with Crippen molar-refractivity contribution in [3.8, 4) is 5.75 Å². The van der Waals surface area contributed by atoms with Gasteiger partial charge in [0, 0.05) is 22.6 Å². The van der Waals surface area contributed by atoms with Gasteiger partial charge in [-0.2, -0.15) is 0 Å². The molecule has 134 valence electrons. The number of carbonyl (C=O) groups is 2. The van der Waals surface area contributed by atoms with Crippen LogP contribution in [-0.2, 0) is 16.0 Å². The van der Waals surface area contributed by atoms with Crippen LogP contribution >= 0.6 is 0 Å². The van der Waals surface area contributed by atoms with Crippen LogP contribution in [0.3, 0.4) is 0 Å². The van der Waals surface area contributed by atoms with Crippen molar-refractivity contribution in [2.24, 2.45) is 0 Å². The Kier molecular flexibility index (Phi) is 5.07. The molecule has 1 heterocycles. The number of carbonyl (C=O) groups excluding carboxylic acids is 2. The van der Waals surface area contributed by atoms with E-state index < -0.39 is 12.1 Å². The first-order valence-corrected chi connectivity index (χ1v) is 8.32. The SMILES string of the molecule is COc1ccc2c(CC(=O)O[C@H](C)C(=O)c3ccc(C)cc3)coc2c1. The molecule has 0 N–H and O–H groups in total. The molecule has 1 atom stereocenters. The van der Waals surface area contributed by atoms with Crippen molar-refractivity contribution < 1.29 is 23.5 Å². The fourth-order valence-electron chi connectivity index (χ4n) is 2.73. The van der Waals surface area contributed by atoms with E-state index in [1.165, 1.54) is 6.26 Å². The fourth-order valence-corrected chi connectivity index (χ4v) is 2.73. The molecular weight excluding hydrogens is 332 g/mol. The number of hydrogen-bond acceptors (Lipinski definition) is 5. The van der Waals surface area contributed by atoms with Gasteiger partial charge in [0.05, 0.1) is 19.8 Å². The van der Waals surface area contributed by atoms with Gasteiger partial charge in [-0.25, -0.2) is 0 Å². The van der Waals surface area contributed by atoms with Crippen LogP contribution in [0.25, 0.3) is 11.0 Å². The Morgan fingerprint density at radius 1 is 1.12 bits per heavy atom. The summed E-state index contributed by atoms with van der Waals surface area (Å²) >= 11 is 0. The minimum Gasteiger partial charge on any atom is -0.497 e. The lowest BCUT2D eigenvalue weighted by Crippen LogP contribution is -2.25. The van der Waals surface area contributed by atoms with Crippen molar-refractivity contribution >= 4 is 22.7 Å². The van der Waals surface area contributed by atoms with Gasteiger partial charge in [-0.3, -0.25) is 9.59 Å². The second-order valence-corrected chi connectivity index (χ2v) is 6.16. The summed E-state index contributed by atoms with van der Waals surface area (Å²) in [4.78, 5) is 24.6. The average molecular weight is 352 g/mol. The summed E-state index contributed by atoms with van der Waals surface area (Å²) in [6, 6.07) is 12.6. The first kappa shape index (κ1) is 17.7. The molecule has 0 unspecified atom stereocenters. The van der Waals surface area contributed by atoms with Gasteiger partial charge < -0.3 is 13.9 Å². The van der Waals surface area contributed by atoms with Crippen LogP contribution in [0, 0.1) is 6.92 Å². The van der Waals surface area contributed by atoms with E-state index in [4.69, 9.17) is 13.9 Å². The van der Waals surface area contributed by atoms with E-state index in [1.54, 1.807) is 38.3 Å². The van der Waals surface area contributed by atoms with Gasteiger partial charge in [-0.15, -0.1) is 0 Å². The number of esters is 1. The summed E-state index contributed by atoms with van der Waals surface area (Å²) in [7, 11) is 1.58. The Bertz CT molecular complexity index is 937. The molecule has 1 aromatic heterocycles. The lowest BCUT2D eigenvalue weighted by Gasteiger charge is -2.12. The summed E-state index contributed by atoms with van der Waals surface area (Å²) in [5.74, 6) is -0.0186. The minimum absolute atomic E-state index is 0.0326. The number of ketones is 1. The predicted molar refractivity (Wildman–Crippen MR) is 97.5 cm³/mol.